The highest BCUT2D eigenvalue weighted by molar-refractivity contribution is 7.89. The van der Waals surface area contributed by atoms with Crippen molar-refractivity contribution >= 4 is 21.7 Å². The van der Waals surface area contributed by atoms with Crippen molar-refractivity contribution in [3.8, 4) is 0 Å². The van der Waals surface area contributed by atoms with Crippen LogP contribution in [0.2, 0.25) is 0 Å². The van der Waals surface area contributed by atoms with Crippen molar-refractivity contribution in [2.24, 2.45) is 5.41 Å². The first kappa shape index (κ1) is 21.0. The Morgan fingerprint density at radius 1 is 0.964 bits per heavy atom. The van der Waals surface area contributed by atoms with E-state index in [0.717, 1.165) is 25.7 Å². The summed E-state index contributed by atoms with van der Waals surface area (Å²) in [6.45, 7) is 9.48. The fraction of sp³-hybridized carbons (Fsp3) is 0.700. The molecule has 0 saturated carbocycles. The zero-order valence-corrected chi connectivity index (χ0v) is 18.0. The number of carbonyl (C=O) groups excluding carboxylic acids is 1. The lowest BCUT2D eigenvalue weighted by Gasteiger charge is -2.30. The number of rotatable bonds is 3. The fourth-order valence-electron chi connectivity index (χ4n) is 3.87. The Morgan fingerprint density at radius 3 is 2.36 bits per heavy atom. The molecule has 2 fully saturated rings. The van der Waals surface area contributed by atoms with Gasteiger partial charge in [0.25, 0.3) is 0 Å². The van der Waals surface area contributed by atoms with Crippen LogP contribution in [0.3, 0.4) is 0 Å². The molecule has 3 rings (SSSR count). The van der Waals surface area contributed by atoms with Gasteiger partial charge in [0.2, 0.25) is 15.9 Å². The smallest absolute Gasteiger partial charge is 0.246 e. The molecule has 7 nitrogen and oxygen atoms in total. The molecule has 1 aromatic rings. The maximum atomic E-state index is 13.2. The highest BCUT2D eigenvalue weighted by atomic mass is 32.2. The summed E-state index contributed by atoms with van der Waals surface area (Å²) in [6.07, 6.45) is 5.33. The first-order valence-corrected chi connectivity index (χ1v) is 11.6. The lowest BCUT2D eigenvalue weighted by molar-refractivity contribution is -0.139. The number of amides is 1. The van der Waals surface area contributed by atoms with Gasteiger partial charge in [-0.25, -0.2) is 13.4 Å². The van der Waals surface area contributed by atoms with Crippen LogP contribution in [0.5, 0.6) is 0 Å². The third-order valence-electron chi connectivity index (χ3n) is 5.41. The summed E-state index contributed by atoms with van der Waals surface area (Å²) in [7, 11) is -3.56. The van der Waals surface area contributed by atoms with Crippen molar-refractivity contribution in [2.45, 2.75) is 51.3 Å². The Kier molecular flexibility index (Phi) is 6.29. The van der Waals surface area contributed by atoms with E-state index >= 15 is 0 Å². The molecular weight excluding hydrogens is 376 g/mol. The molecule has 2 aliphatic rings. The summed E-state index contributed by atoms with van der Waals surface area (Å²) in [5.41, 5.74) is -0.414. The Bertz CT molecular complexity index is 798. The SMILES string of the molecule is CC(C)(C)C(=O)N1CCCN(c2ncccc2S(=O)(=O)N2CCCCC2)CC1. The van der Waals surface area contributed by atoms with Crippen molar-refractivity contribution in [2.75, 3.05) is 44.2 Å². The Morgan fingerprint density at radius 2 is 1.68 bits per heavy atom. The number of piperidine rings is 1. The number of hydrogen-bond acceptors (Lipinski definition) is 5. The van der Waals surface area contributed by atoms with Crippen molar-refractivity contribution < 1.29 is 13.2 Å². The molecule has 0 aliphatic carbocycles. The summed E-state index contributed by atoms with van der Waals surface area (Å²) in [5, 5.41) is 0. The van der Waals surface area contributed by atoms with Gasteiger partial charge in [-0.05, 0) is 31.4 Å². The predicted octanol–water partition coefficient (Wildman–Crippen LogP) is 2.34. The molecule has 3 heterocycles. The Labute approximate surface area is 168 Å². The molecule has 0 radical (unpaired) electrons. The molecule has 0 N–H and O–H groups in total. The van der Waals surface area contributed by atoms with Crippen molar-refractivity contribution in [1.29, 1.82) is 0 Å². The van der Waals surface area contributed by atoms with Gasteiger partial charge in [-0.15, -0.1) is 0 Å². The van der Waals surface area contributed by atoms with E-state index in [1.165, 1.54) is 0 Å². The van der Waals surface area contributed by atoms with Crippen LogP contribution in [0.1, 0.15) is 46.5 Å². The number of carbonyl (C=O) groups is 1. The van der Waals surface area contributed by atoms with E-state index in [4.69, 9.17) is 0 Å². The molecule has 28 heavy (non-hydrogen) atoms. The number of nitrogens with zero attached hydrogens (tertiary/aromatic N) is 4. The number of aromatic nitrogens is 1. The topological polar surface area (TPSA) is 73.8 Å². The van der Waals surface area contributed by atoms with E-state index in [0.29, 0.717) is 45.1 Å². The van der Waals surface area contributed by atoms with Crippen molar-refractivity contribution in [3.05, 3.63) is 18.3 Å². The predicted molar refractivity (Wildman–Crippen MR) is 110 cm³/mol. The van der Waals surface area contributed by atoms with Gasteiger partial charge in [0.1, 0.15) is 10.7 Å². The van der Waals surface area contributed by atoms with Crippen LogP contribution in [-0.2, 0) is 14.8 Å². The number of anilines is 1. The van der Waals surface area contributed by atoms with Gasteiger partial charge in [0.05, 0.1) is 0 Å². The first-order chi connectivity index (χ1) is 13.2. The van der Waals surface area contributed by atoms with Gasteiger partial charge >= 0.3 is 0 Å². The van der Waals surface area contributed by atoms with Gasteiger partial charge in [-0.2, -0.15) is 4.31 Å². The average molecular weight is 409 g/mol. The zero-order valence-electron chi connectivity index (χ0n) is 17.2. The second kappa shape index (κ2) is 8.37. The molecule has 0 spiro atoms. The Balaban J connectivity index is 1.82. The van der Waals surface area contributed by atoms with Crippen LogP contribution in [0.25, 0.3) is 0 Å². The van der Waals surface area contributed by atoms with Gasteiger partial charge in [0, 0.05) is 50.9 Å². The van der Waals surface area contributed by atoms with Crippen LogP contribution < -0.4 is 4.90 Å². The molecule has 2 aliphatic heterocycles. The zero-order chi connectivity index (χ0) is 20.4. The van der Waals surface area contributed by atoms with Gasteiger partial charge in [-0.1, -0.05) is 27.2 Å². The van der Waals surface area contributed by atoms with Crippen LogP contribution in [0.15, 0.2) is 23.2 Å². The quantitative estimate of drug-likeness (QED) is 0.767. The molecule has 8 heteroatoms. The third kappa shape index (κ3) is 4.49. The Hall–Kier alpha value is -1.67. The number of sulfonamides is 1. The molecule has 0 atom stereocenters. The van der Waals surface area contributed by atoms with E-state index in [1.807, 2.05) is 30.6 Å². The van der Waals surface area contributed by atoms with Gasteiger partial charge < -0.3 is 9.80 Å². The van der Waals surface area contributed by atoms with E-state index in [-0.39, 0.29) is 10.8 Å². The second-order valence-electron chi connectivity index (χ2n) is 8.67. The standard InChI is InChI=1S/C20H32N4O3S/c1-20(2,3)19(25)23-12-8-11-22(15-16-23)18-17(9-7-10-21-18)28(26,27)24-13-5-4-6-14-24/h7,9-10H,4-6,8,11-16H2,1-3H3. The fourth-order valence-corrected chi connectivity index (χ4v) is 5.55. The maximum absolute atomic E-state index is 13.2. The average Bonchev–Trinajstić information content (AvgIpc) is 2.93. The minimum absolute atomic E-state index is 0.136. The molecule has 1 amide bonds. The summed E-state index contributed by atoms with van der Waals surface area (Å²) in [4.78, 5) is 21.3. The van der Waals surface area contributed by atoms with Gasteiger partial charge in [0.15, 0.2) is 0 Å². The molecule has 0 aromatic carbocycles. The van der Waals surface area contributed by atoms with Gasteiger partial charge in [-0.3, -0.25) is 4.79 Å². The molecule has 2 saturated heterocycles. The third-order valence-corrected chi connectivity index (χ3v) is 7.33. The van der Waals surface area contributed by atoms with E-state index in [2.05, 4.69) is 4.98 Å². The van der Waals surface area contributed by atoms with E-state index < -0.39 is 15.4 Å². The first-order valence-electron chi connectivity index (χ1n) is 10.2. The molecular formula is C20H32N4O3S. The summed E-state index contributed by atoms with van der Waals surface area (Å²) in [5.74, 6) is 0.648. The number of hydrogen-bond donors (Lipinski definition) is 0. The molecule has 1 aromatic heterocycles. The molecule has 0 unspecified atom stereocenters. The normalized spacial score (nSPS) is 20.1. The van der Waals surface area contributed by atoms with E-state index in [9.17, 15) is 13.2 Å². The van der Waals surface area contributed by atoms with Crippen molar-refractivity contribution in [1.82, 2.24) is 14.2 Å². The van der Waals surface area contributed by atoms with Crippen LogP contribution in [0.4, 0.5) is 5.82 Å². The molecule has 0 bridgehead atoms. The number of pyridine rings is 1. The van der Waals surface area contributed by atoms with E-state index in [1.54, 1.807) is 22.6 Å². The lowest BCUT2D eigenvalue weighted by atomic mass is 9.94. The van der Waals surface area contributed by atoms with Crippen LogP contribution >= 0.6 is 0 Å². The largest absolute Gasteiger partial charge is 0.354 e. The summed E-state index contributed by atoms with van der Waals surface area (Å²) >= 11 is 0. The monoisotopic (exact) mass is 408 g/mol. The maximum Gasteiger partial charge on any atom is 0.246 e. The lowest BCUT2D eigenvalue weighted by Crippen LogP contribution is -2.42. The van der Waals surface area contributed by atoms with Crippen LogP contribution in [-0.4, -0.2) is 67.8 Å². The summed E-state index contributed by atoms with van der Waals surface area (Å²) in [6, 6.07) is 3.35. The van der Waals surface area contributed by atoms with Crippen molar-refractivity contribution in [3.63, 3.8) is 0 Å². The second-order valence-corrected chi connectivity index (χ2v) is 10.6. The highest BCUT2D eigenvalue weighted by Gasteiger charge is 2.32. The minimum Gasteiger partial charge on any atom is -0.354 e. The minimum atomic E-state index is -3.56. The highest BCUT2D eigenvalue weighted by Crippen LogP contribution is 2.28. The van der Waals surface area contributed by atoms with Crippen LogP contribution in [0, 0.1) is 5.41 Å². The summed E-state index contributed by atoms with van der Waals surface area (Å²) < 4.78 is 28.1. The molecule has 156 valence electrons.